The predicted molar refractivity (Wildman–Crippen MR) is 168 cm³/mol. The van der Waals surface area contributed by atoms with Crippen LogP contribution in [-0.4, -0.2) is 49.0 Å². The zero-order valence-electron chi connectivity index (χ0n) is 24.9. The van der Waals surface area contributed by atoms with Crippen LogP contribution in [0.3, 0.4) is 0 Å². The molecule has 0 radical (unpaired) electrons. The molecule has 0 aliphatic heterocycles. The standard InChI is InChI=1S/C34H31F3N4O6/c35-34(36,37)32(45)47-31(44)20-28(25-17-15-23(16-18-25)22-8-2-1-3-9-22)40-30(43)21-39-29(42)14-7-19-38-33(46)41-27-13-6-11-24-10-4-5-12-26(24)27/h1-6,8-13,15-18,28H,7,14,19-21H2,(H,39,42)(H,40,43)(H2,38,41,46). The molecule has 0 aliphatic rings. The fourth-order valence-electron chi connectivity index (χ4n) is 4.62. The molecule has 47 heavy (non-hydrogen) atoms. The van der Waals surface area contributed by atoms with E-state index >= 15 is 0 Å². The fourth-order valence-corrected chi connectivity index (χ4v) is 4.62. The van der Waals surface area contributed by atoms with Crippen molar-refractivity contribution in [2.24, 2.45) is 0 Å². The molecule has 13 heteroatoms. The number of ether oxygens (including phenoxy) is 1. The molecule has 4 rings (SSSR count). The van der Waals surface area contributed by atoms with Crippen LogP contribution in [0.5, 0.6) is 0 Å². The molecule has 244 valence electrons. The SMILES string of the molecule is O=C(CCCNC(=O)Nc1cccc2ccccc12)NCC(=O)NC(CC(=O)OC(=O)C(F)(F)F)c1ccc(-c2ccccc2)cc1. The zero-order valence-corrected chi connectivity index (χ0v) is 24.9. The summed E-state index contributed by atoms with van der Waals surface area (Å²) in [6.07, 6.45) is -5.89. The van der Waals surface area contributed by atoms with Gasteiger partial charge in [0.2, 0.25) is 11.8 Å². The molecular weight excluding hydrogens is 617 g/mol. The van der Waals surface area contributed by atoms with E-state index in [1.54, 1.807) is 30.3 Å². The minimum absolute atomic E-state index is 0.0158. The van der Waals surface area contributed by atoms with Gasteiger partial charge in [0.15, 0.2) is 0 Å². The maximum absolute atomic E-state index is 12.7. The second-order valence-electron chi connectivity index (χ2n) is 10.4. The van der Waals surface area contributed by atoms with Crippen LogP contribution in [0.1, 0.15) is 30.9 Å². The van der Waals surface area contributed by atoms with Gasteiger partial charge in [0.05, 0.1) is 24.7 Å². The van der Waals surface area contributed by atoms with Crippen LogP contribution in [0.15, 0.2) is 97.1 Å². The van der Waals surface area contributed by atoms with Crippen molar-refractivity contribution in [1.82, 2.24) is 16.0 Å². The Morgan fingerprint density at radius 1 is 0.723 bits per heavy atom. The van der Waals surface area contributed by atoms with E-state index in [2.05, 4.69) is 26.0 Å². The number of fused-ring (bicyclic) bond motifs is 1. The monoisotopic (exact) mass is 648 g/mol. The summed E-state index contributed by atoms with van der Waals surface area (Å²) in [4.78, 5) is 60.6. The van der Waals surface area contributed by atoms with Gasteiger partial charge in [-0.05, 0) is 34.6 Å². The lowest BCUT2D eigenvalue weighted by atomic mass is 9.99. The molecule has 4 amide bonds. The van der Waals surface area contributed by atoms with E-state index < -0.39 is 55.0 Å². The number of carbonyl (C=O) groups is 5. The number of carbonyl (C=O) groups excluding carboxylic acids is 5. The second-order valence-corrected chi connectivity index (χ2v) is 10.4. The lowest BCUT2D eigenvalue weighted by Gasteiger charge is -2.19. The molecule has 0 saturated heterocycles. The van der Waals surface area contributed by atoms with Crippen LogP contribution in [0.25, 0.3) is 21.9 Å². The number of urea groups is 1. The third kappa shape index (κ3) is 10.4. The summed E-state index contributed by atoms with van der Waals surface area (Å²) in [6.45, 7) is -0.320. The molecule has 10 nitrogen and oxygen atoms in total. The van der Waals surface area contributed by atoms with Gasteiger partial charge in [0, 0.05) is 18.4 Å². The van der Waals surface area contributed by atoms with Crippen molar-refractivity contribution in [1.29, 1.82) is 0 Å². The molecule has 1 unspecified atom stereocenters. The Labute approximate surface area is 267 Å². The van der Waals surface area contributed by atoms with Crippen molar-refractivity contribution < 1.29 is 41.9 Å². The smallest absolute Gasteiger partial charge is 0.386 e. The van der Waals surface area contributed by atoms with Gasteiger partial charge in [-0.25, -0.2) is 9.59 Å². The Bertz CT molecular complexity index is 1720. The zero-order chi connectivity index (χ0) is 33.8. The molecule has 0 aliphatic carbocycles. The average molecular weight is 649 g/mol. The highest BCUT2D eigenvalue weighted by Gasteiger charge is 2.42. The van der Waals surface area contributed by atoms with Crippen molar-refractivity contribution in [2.75, 3.05) is 18.4 Å². The van der Waals surface area contributed by atoms with Gasteiger partial charge in [0.1, 0.15) is 0 Å². The predicted octanol–water partition coefficient (Wildman–Crippen LogP) is 5.40. The normalized spacial score (nSPS) is 11.6. The number of anilines is 1. The Balaban J connectivity index is 1.26. The van der Waals surface area contributed by atoms with Crippen molar-refractivity contribution in [2.45, 2.75) is 31.5 Å². The first-order chi connectivity index (χ1) is 22.5. The Morgan fingerprint density at radius 2 is 1.38 bits per heavy atom. The van der Waals surface area contributed by atoms with E-state index in [0.717, 1.165) is 21.9 Å². The van der Waals surface area contributed by atoms with Crippen LogP contribution in [0.4, 0.5) is 23.7 Å². The van der Waals surface area contributed by atoms with Gasteiger partial charge in [-0.2, -0.15) is 13.2 Å². The van der Waals surface area contributed by atoms with Crippen molar-refractivity contribution in [3.8, 4) is 11.1 Å². The van der Waals surface area contributed by atoms with E-state index in [1.807, 2.05) is 66.7 Å². The van der Waals surface area contributed by atoms with E-state index in [9.17, 15) is 37.1 Å². The number of esters is 2. The maximum atomic E-state index is 12.7. The molecule has 0 heterocycles. The molecule has 4 aromatic carbocycles. The summed E-state index contributed by atoms with van der Waals surface area (Å²) in [5.74, 6) is -5.39. The van der Waals surface area contributed by atoms with Crippen molar-refractivity contribution >= 4 is 46.2 Å². The molecule has 0 spiro atoms. The summed E-state index contributed by atoms with van der Waals surface area (Å²) in [6, 6.07) is 27.3. The lowest BCUT2D eigenvalue weighted by Crippen LogP contribution is -2.40. The van der Waals surface area contributed by atoms with Gasteiger partial charge in [-0.1, -0.05) is 91.0 Å². The highest BCUT2D eigenvalue weighted by Crippen LogP contribution is 2.25. The first kappa shape index (κ1) is 34.2. The van der Waals surface area contributed by atoms with Crippen LogP contribution in [0, 0.1) is 0 Å². The molecule has 1 atom stereocenters. The summed E-state index contributed by atoms with van der Waals surface area (Å²) in [5, 5.41) is 12.2. The molecular formula is C34H31F3N4O6. The first-order valence-corrected chi connectivity index (χ1v) is 14.6. The summed E-state index contributed by atoms with van der Waals surface area (Å²) < 4.78 is 41.7. The topological polar surface area (TPSA) is 143 Å². The molecule has 0 fully saturated rings. The Morgan fingerprint density at radius 3 is 2.11 bits per heavy atom. The molecule has 0 saturated carbocycles. The number of hydrogen-bond acceptors (Lipinski definition) is 6. The van der Waals surface area contributed by atoms with E-state index in [4.69, 9.17) is 0 Å². The number of halogens is 3. The van der Waals surface area contributed by atoms with Crippen LogP contribution in [-0.2, 0) is 23.9 Å². The fraction of sp³-hybridized carbons (Fsp3) is 0.206. The lowest BCUT2D eigenvalue weighted by molar-refractivity contribution is -0.202. The van der Waals surface area contributed by atoms with E-state index in [0.29, 0.717) is 11.3 Å². The summed E-state index contributed by atoms with van der Waals surface area (Å²) in [5.41, 5.74) is 2.68. The van der Waals surface area contributed by atoms with Gasteiger partial charge in [0.25, 0.3) is 0 Å². The number of benzene rings is 4. The molecule has 4 aromatic rings. The molecule has 0 bridgehead atoms. The van der Waals surface area contributed by atoms with Crippen LogP contribution < -0.4 is 21.3 Å². The highest BCUT2D eigenvalue weighted by molar-refractivity contribution is 6.01. The quantitative estimate of drug-likeness (QED) is 0.0920. The minimum Gasteiger partial charge on any atom is -0.386 e. The van der Waals surface area contributed by atoms with E-state index in [-0.39, 0.29) is 19.4 Å². The number of nitrogens with one attached hydrogen (secondary N) is 4. The van der Waals surface area contributed by atoms with E-state index in [1.165, 1.54) is 0 Å². The second kappa shape index (κ2) is 16.0. The maximum Gasteiger partial charge on any atom is 0.491 e. The van der Waals surface area contributed by atoms with Crippen LogP contribution in [0.2, 0.25) is 0 Å². The number of hydrogen-bond donors (Lipinski definition) is 4. The van der Waals surface area contributed by atoms with Crippen LogP contribution >= 0.6 is 0 Å². The van der Waals surface area contributed by atoms with Gasteiger partial charge in [-0.3, -0.25) is 14.4 Å². The number of alkyl halides is 3. The third-order valence-electron chi connectivity index (χ3n) is 6.91. The number of rotatable bonds is 12. The summed E-state index contributed by atoms with van der Waals surface area (Å²) in [7, 11) is 0. The Kier molecular flexibility index (Phi) is 11.6. The Hall–Kier alpha value is -5.72. The third-order valence-corrected chi connectivity index (χ3v) is 6.91. The van der Waals surface area contributed by atoms with Crippen molar-refractivity contribution in [3.63, 3.8) is 0 Å². The minimum atomic E-state index is -5.37. The van der Waals surface area contributed by atoms with Gasteiger partial charge in [-0.15, -0.1) is 0 Å². The summed E-state index contributed by atoms with van der Waals surface area (Å²) >= 11 is 0. The van der Waals surface area contributed by atoms with Gasteiger partial charge < -0.3 is 26.0 Å². The molecule has 0 aromatic heterocycles. The largest absolute Gasteiger partial charge is 0.491 e. The highest BCUT2D eigenvalue weighted by atomic mass is 19.4. The average Bonchev–Trinajstić information content (AvgIpc) is 3.05. The first-order valence-electron chi connectivity index (χ1n) is 14.6. The van der Waals surface area contributed by atoms with Crippen molar-refractivity contribution in [3.05, 3.63) is 103 Å². The molecule has 4 N–H and O–H groups in total. The number of amides is 4. The van der Waals surface area contributed by atoms with Gasteiger partial charge >= 0.3 is 24.1 Å².